The van der Waals surface area contributed by atoms with Crippen molar-refractivity contribution in [3.8, 4) is 28.0 Å². The summed E-state index contributed by atoms with van der Waals surface area (Å²) >= 11 is 0. The number of rotatable bonds is 6. The number of halogens is 6. The summed E-state index contributed by atoms with van der Waals surface area (Å²) in [6.45, 7) is 1.77. The molecular weight excluding hydrogens is 614 g/mol. The van der Waals surface area contributed by atoms with Crippen LogP contribution in [0, 0.1) is 12.8 Å². The Bertz CT molecular complexity index is 1870. The van der Waals surface area contributed by atoms with Crippen LogP contribution in [0.15, 0.2) is 78.1 Å². The predicted molar refractivity (Wildman–Crippen MR) is 157 cm³/mol. The van der Waals surface area contributed by atoms with Crippen molar-refractivity contribution < 1.29 is 45.8 Å². The third kappa shape index (κ3) is 5.67. The number of carbonyl (C=O) groups is 1. The molecule has 2 heterocycles. The normalized spacial score (nSPS) is 19.4. The lowest BCUT2D eigenvalue weighted by atomic mass is 9.84. The molecule has 1 aromatic heterocycles. The Morgan fingerprint density at radius 3 is 2.33 bits per heavy atom. The molecule has 0 bridgehead atoms. The number of hydrogen-bond acceptors (Lipinski definition) is 5. The zero-order chi connectivity index (χ0) is 33.0. The van der Waals surface area contributed by atoms with Gasteiger partial charge in [-0.2, -0.15) is 26.3 Å². The van der Waals surface area contributed by atoms with Crippen molar-refractivity contribution in [2.24, 2.45) is 11.1 Å². The molecule has 0 amide bonds. The number of benzene rings is 3. The van der Waals surface area contributed by atoms with Crippen LogP contribution in [0.2, 0.25) is 0 Å². The fraction of sp³-hybridized carbons (Fsp3) is 0.265. The van der Waals surface area contributed by atoms with Crippen LogP contribution in [0.5, 0.6) is 5.75 Å². The second-order valence-electron chi connectivity index (χ2n) is 11.3. The van der Waals surface area contributed by atoms with Gasteiger partial charge in [-0.25, -0.2) is 4.79 Å². The molecule has 1 aliphatic carbocycles. The predicted octanol–water partition coefficient (Wildman–Crippen LogP) is 9.09. The third-order valence-electron chi connectivity index (χ3n) is 8.57. The molecule has 0 saturated heterocycles. The zero-order valence-corrected chi connectivity index (χ0v) is 24.4. The van der Waals surface area contributed by atoms with Crippen molar-refractivity contribution in [2.45, 2.75) is 44.1 Å². The molecule has 4 aromatic rings. The maximum atomic E-state index is 14.0. The standard InChI is InChI=1S/C34H26F6N2O4/c1-17-13-20(32(43)44)3-6-22(17)18-4-10-28(45-2)27(14-18)23-7-5-21(33(35,36)37)16-26(23)24-8-9-25-30(24)42-46-31(25)19-11-12-41-29(15-19)34(38,39)40/h3-7,10-16,24-25,31H,8-9H2,1-2H3,(H,43,44)/t24-,25+,31+/m0/s1. The van der Waals surface area contributed by atoms with Crippen LogP contribution in [-0.4, -0.2) is 28.9 Å². The first-order valence-corrected chi connectivity index (χ1v) is 14.3. The van der Waals surface area contributed by atoms with Gasteiger partial charge in [-0.05, 0) is 102 Å². The number of carboxylic acids is 1. The molecule has 3 atom stereocenters. The number of oxime groups is 1. The van der Waals surface area contributed by atoms with Crippen molar-refractivity contribution in [3.63, 3.8) is 0 Å². The largest absolute Gasteiger partial charge is 0.496 e. The van der Waals surface area contributed by atoms with E-state index >= 15 is 0 Å². The van der Waals surface area contributed by atoms with Crippen molar-refractivity contribution in [2.75, 3.05) is 7.11 Å². The Labute approximate surface area is 259 Å². The number of pyridine rings is 1. The van der Waals surface area contributed by atoms with Gasteiger partial charge in [-0.3, -0.25) is 4.98 Å². The van der Waals surface area contributed by atoms with Gasteiger partial charge in [-0.15, -0.1) is 0 Å². The number of methoxy groups -OCH3 is 1. The summed E-state index contributed by atoms with van der Waals surface area (Å²) in [5.74, 6) is -1.72. The van der Waals surface area contributed by atoms with Gasteiger partial charge in [0.25, 0.3) is 0 Å². The van der Waals surface area contributed by atoms with Crippen LogP contribution < -0.4 is 4.74 Å². The molecular formula is C34H26F6N2O4. The lowest BCUT2D eigenvalue weighted by molar-refractivity contribution is -0.141. The first-order valence-electron chi connectivity index (χ1n) is 14.3. The molecule has 1 saturated carbocycles. The van der Waals surface area contributed by atoms with Gasteiger partial charge in [0, 0.05) is 23.6 Å². The summed E-state index contributed by atoms with van der Waals surface area (Å²) in [4.78, 5) is 20.5. The number of alkyl halides is 6. The Kier molecular flexibility index (Phi) is 7.77. The number of nitrogens with zero attached hydrogens (tertiary/aromatic N) is 2. The van der Waals surface area contributed by atoms with Crippen molar-refractivity contribution in [3.05, 3.63) is 106 Å². The van der Waals surface area contributed by atoms with E-state index in [1.165, 1.54) is 25.3 Å². The highest BCUT2D eigenvalue weighted by molar-refractivity contribution is 5.98. The van der Waals surface area contributed by atoms with Crippen LogP contribution in [0.4, 0.5) is 26.3 Å². The molecule has 2 aliphatic rings. The minimum Gasteiger partial charge on any atom is -0.496 e. The maximum Gasteiger partial charge on any atom is 0.433 e. The van der Waals surface area contributed by atoms with Crippen molar-refractivity contribution >= 4 is 11.7 Å². The number of carboxylic acid groups (broad SMARTS) is 1. The number of aromatic nitrogens is 1. The summed E-state index contributed by atoms with van der Waals surface area (Å²) in [5, 5.41) is 13.6. The van der Waals surface area contributed by atoms with E-state index < -0.39 is 47.5 Å². The minimum atomic E-state index is -4.66. The van der Waals surface area contributed by atoms with E-state index in [2.05, 4.69) is 10.1 Å². The topological polar surface area (TPSA) is 81.0 Å². The number of fused-ring (bicyclic) bond motifs is 1. The Morgan fingerprint density at radius 1 is 0.891 bits per heavy atom. The van der Waals surface area contributed by atoms with Gasteiger partial charge >= 0.3 is 18.3 Å². The Hall–Kier alpha value is -4.87. The molecule has 1 aliphatic heterocycles. The van der Waals surface area contributed by atoms with E-state index in [9.17, 15) is 36.2 Å². The van der Waals surface area contributed by atoms with Gasteiger partial charge < -0.3 is 14.7 Å². The molecule has 6 rings (SSSR count). The lowest BCUT2D eigenvalue weighted by Gasteiger charge is -2.21. The summed E-state index contributed by atoms with van der Waals surface area (Å²) < 4.78 is 87.8. The number of hydrogen-bond donors (Lipinski definition) is 1. The molecule has 1 N–H and O–H groups in total. The summed E-state index contributed by atoms with van der Waals surface area (Å²) in [7, 11) is 1.45. The monoisotopic (exact) mass is 640 g/mol. The van der Waals surface area contributed by atoms with Gasteiger partial charge in [0.1, 0.15) is 11.4 Å². The maximum absolute atomic E-state index is 14.0. The number of aryl methyl sites for hydroxylation is 1. The van der Waals surface area contributed by atoms with Crippen molar-refractivity contribution in [1.29, 1.82) is 0 Å². The highest BCUT2D eigenvalue weighted by atomic mass is 19.4. The van der Waals surface area contributed by atoms with E-state index in [4.69, 9.17) is 9.57 Å². The lowest BCUT2D eigenvalue weighted by Crippen LogP contribution is -2.17. The Balaban J connectivity index is 1.43. The van der Waals surface area contributed by atoms with Gasteiger partial charge in [0.2, 0.25) is 0 Å². The fourth-order valence-electron chi connectivity index (χ4n) is 6.40. The van der Waals surface area contributed by atoms with Crippen LogP contribution in [0.3, 0.4) is 0 Å². The van der Waals surface area contributed by atoms with Crippen LogP contribution in [-0.2, 0) is 17.2 Å². The highest BCUT2D eigenvalue weighted by Crippen LogP contribution is 2.51. The molecule has 0 radical (unpaired) electrons. The minimum absolute atomic E-state index is 0.120. The van der Waals surface area contributed by atoms with Crippen molar-refractivity contribution in [1.82, 2.24) is 4.98 Å². The average molecular weight is 641 g/mol. The average Bonchev–Trinajstić information content (AvgIpc) is 3.62. The SMILES string of the molecule is COc1ccc(-c2ccc(C(=O)O)cc2C)cc1-c1ccc(C(F)(F)F)cc1[C@@H]1CC[C@@H]2C1=NO[C@@H]2c1ccnc(C(F)(F)F)c1. The number of ether oxygens (including phenoxy) is 1. The van der Waals surface area contributed by atoms with Crippen LogP contribution in [0.25, 0.3) is 22.3 Å². The Morgan fingerprint density at radius 2 is 1.65 bits per heavy atom. The quantitative estimate of drug-likeness (QED) is 0.213. The summed E-state index contributed by atoms with van der Waals surface area (Å²) in [6.07, 6.45) is -8.26. The van der Waals surface area contributed by atoms with Gasteiger partial charge in [0.15, 0.2) is 6.10 Å². The van der Waals surface area contributed by atoms with Gasteiger partial charge in [0.05, 0.1) is 23.9 Å². The van der Waals surface area contributed by atoms with E-state index in [1.54, 1.807) is 37.3 Å². The zero-order valence-electron chi connectivity index (χ0n) is 24.4. The summed E-state index contributed by atoms with van der Waals surface area (Å²) in [5.41, 5.74) is 2.31. The first-order chi connectivity index (χ1) is 21.8. The van der Waals surface area contributed by atoms with Crippen LogP contribution in [0.1, 0.15) is 63.2 Å². The van der Waals surface area contributed by atoms with E-state index in [1.807, 2.05) is 0 Å². The first kappa shape index (κ1) is 31.1. The van der Waals surface area contributed by atoms with Crippen LogP contribution >= 0.6 is 0 Å². The van der Waals surface area contributed by atoms with E-state index in [-0.39, 0.29) is 11.1 Å². The molecule has 0 spiro atoms. The molecule has 1 fully saturated rings. The molecule has 46 heavy (non-hydrogen) atoms. The fourth-order valence-corrected chi connectivity index (χ4v) is 6.40. The molecule has 3 aromatic carbocycles. The molecule has 6 nitrogen and oxygen atoms in total. The summed E-state index contributed by atoms with van der Waals surface area (Å²) in [6, 6.07) is 15.8. The van der Waals surface area contributed by atoms with Gasteiger partial charge in [-0.1, -0.05) is 23.4 Å². The second-order valence-corrected chi connectivity index (χ2v) is 11.3. The second kappa shape index (κ2) is 11.5. The molecule has 12 heteroatoms. The van der Waals surface area contributed by atoms with E-state index in [0.29, 0.717) is 52.1 Å². The molecule has 238 valence electrons. The van der Waals surface area contributed by atoms with E-state index in [0.717, 1.165) is 30.0 Å². The third-order valence-corrected chi connectivity index (χ3v) is 8.57. The highest BCUT2D eigenvalue weighted by Gasteiger charge is 2.46. The smallest absolute Gasteiger partial charge is 0.433 e. The number of aromatic carboxylic acids is 1. The molecule has 0 unspecified atom stereocenters.